The van der Waals surface area contributed by atoms with Crippen LogP contribution < -0.4 is 10.1 Å². The number of nitrogens with zero attached hydrogens (tertiary/aromatic N) is 6. The zero-order valence-corrected chi connectivity index (χ0v) is 17.0. The Morgan fingerprint density at radius 1 is 1.00 bits per heavy atom. The molecule has 0 unspecified atom stereocenters. The Labute approximate surface area is 174 Å². The highest BCUT2D eigenvalue weighted by atomic mass is 79.9. The first-order valence-corrected chi connectivity index (χ1v) is 9.73. The lowest BCUT2D eigenvalue weighted by atomic mass is 10.1. The predicted molar refractivity (Wildman–Crippen MR) is 112 cm³/mol. The first-order chi connectivity index (χ1) is 14.2. The average Bonchev–Trinajstić information content (AvgIpc) is 3.34. The fourth-order valence-corrected chi connectivity index (χ4v) is 3.62. The normalized spacial score (nSPS) is 11.2. The zero-order chi connectivity index (χ0) is 19.8. The highest BCUT2D eigenvalue weighted by Gasteiger charge is 2.09. The number of benzene rings is 1. The smallest absolute Gasteiger partial charge is 0.159 e. The molecule has 4 aromatic heterocycles. The van der Waals surface area contributed by atoms with E-state index in [0.29, 0.717) is 6.61 Å². The summed E-state index contributed by atoms with van der Waals surface area (Å²) in [6.07, 6.45) is 6.77. The third kappa shape index (κ3) is 3.40. The Kier molecular flexibility index (Phi) is 4.36. The Bertz CT molecular complexity index is 1330. The van der Waals surface area contributed by atoms with Crippen molar-refractivity contribution in [3.63, 3.8) is 0 Å². The lowest BCUT2D eigenvalue weighted by molar-refractivity contribution is 0.305. The molecule has 5 aromatic rings. The number of halogens is 1. The SMILES string of the molecule is Cc1cc(Nc2ncnn3ccc(Br)c23)ccc1COc1ccn2ncnc2c1. The highest BCUT2D eigenvalue weighted by molar-refractivity contribution is 9.10. The van der Waals surface area contributed by atoms with E-state index in [4.69, 9.17) is 4.74 Å². The first-order valence-electron chi connectivity index (χ1n) is 8.94. The monoisotopic (exact) mass is 449 g/mol. The summed E-state index contributed by atoms with van der Waals surface area (Å²) in [5.74, 6) is 1.50. The van der Waals surface area contributed by atoms with Crippen LogP contribution in [-0.2, 0) is 6.61 Å². The Morgan fingerprint density at radius 3 is 2.72 bits per heavy atom. The third-order valence-corrected chi connectivity index (χ3v) is 5.30. The van der Waals surface area contributed by atoms with E-state index < -0.39 is 0 Å². The molecule has 4 heterocycles. The van der Waals surface area contributed by atoms with Crippen molar-refractivity contribution in [3.8, 4) is 5.75 Å². The van der Waals surface area contributed by atoms with Gasteiger partial charge in [0.25, 0.3) is 0 Å². The molecule has 0 atom stereocenters. The van der Waals surface area contributed by atoms with Gasteiger partial charge in [-0.15, -0.1) is 0 Å². The summed E-state index contributed by atoms with van der Waals surface area (Å²) in [4.78, 5) is 8.55. The lowest BCUT2D eigenvalue weighted by Crippen LogP contribution is -2.02. The number of nitrogens with one attached hydrogen (secondary N) is 1. The van der Waals surface area contributed by atoms with Crippen molar-refractivity contribution in [1.29, 1.82) is 0 Å². The number of pyridine rings is 1. The van der Waals surface area contributed by atoms with Gasteiger partial charge in [0.2, 0.25) is 0 Å². The second kappa shape index (κ2) is 7.17. The minimum Gasteiger partial charge on any atom is -0.489 e. The zero-order valence-electron chi connectivity index (χ0n) is 15.5. The molecule has 144 valence electrons. The number of aromatic nitrogens is 6. The summed E-state index contributed by atoms with van der Waals surface area (Å²) >= 11 is 3.55. The number of rotatable bonds is 5. The van der Waals surface area contributed by atoms with Gasteiger partial charge in [-0.2, -0.15) is 10.2 Å². The van der Waals surface area contributed by atoms with Gasteiger partial charge in [-0.25, -0.2) is 19.0 Å². The van der Waals surface area contributed by atoms with Crippen LogP contribution in [0.3, 0.4) is 0 Å². The van der Waals surface area contributed by atoms with Crippen molar-refractivity contribution in [2.75, 3.05) is 5.32 Å². The summed E-state index contributed by atoms with van der Waals surface area (Å²) in [7, 11) is 0. The van der Waals surface area contributed by atoms with Crippen LogP contribution in [0.15, 0.2) is 65.9 Å². The molecule has 9 heteroatoms. The third-order valence-electron chi connectivity index (χ3n) is 4.66. The van der Waals surface area contributed by atoms with Crippen molar-refractivity contribution in [2.45, 2.75) is 13.5 Å². The van der Waals surface area contributed by atoms with Gasteiger partial charge in [-0.1, -0.05) is 6.07 Å². The van der Waals surface area contributed by atoms with Crippen LogP contribution in [0, 0.1) is 6.92 Å². The fraction of sp³-hybridized carbons (Fsp3) is 0.100. The van der Waals surface area contributed by atoms with Gasteiger partial charge in [0, 0.05) is 28.6 Å². The molecule has 0 aliphatic carbocycles. The molecule has 0 aliphatic rings. The molecular weight excluding hydrogens is 434 g/mol. The van der Waals surface area contributed by atoms with Crippen LogP contribution >= 0.6 is 15.9 Å². The van der Waals surface area contributed by atoms with Gasteiger partial charge >= 0.3 is 0 Å². The molecule has 0 saturated heterocycles. The number of aryl methyl sites for hydroxylation is 1. The summed E-state index contributed by atoms with van der Waals surface area (Å²) in [5.41, 5.74) is 4.82. The standard InChI is InChI=1S/C20H16BrN7O/c1-13-8-15(26-20-19-17(21)5-7-28(19)25-12-23-20)3-2-14(13)10-29-16-4-6-27-18(9-16)22-11-24-27/h2-9,11-12H,10H2,1H3,(H,23,25,26). The number of hydrogen-bond acceptors (Lipinski definition) is 6. The van der Waals surface area contributed by atoms with Gasteiger partial charge in [0.05, 0.1) is 0 Å². The van der Waals surface area contributed by atoms with E-state index in [1.54, 1.807) is 9.03 Å². The van der Waals surface area contributed by atoms with E-state index in [1.807, 2.05) is 36.7 Å². The maximum atomic E-state index is 5.94. The maximum absolute atomic E-state index is 5.94. The number of anilines is 2. The van der Waals surface area contributed by atoms with Crippen LogP contribution in [0.5, 0.6) is 5.75 Å². The van der Waals surface area contributed by atoms with Gasteiger partial charge in [0.15, 0.2) is 11.5 Å². The molecule has 0 bridgehead atoms. The van der Waals surface area contributed by atoms with E-state index in [0.717, 1.165) is 44.0 Å². The van der Waals surface area contributed by atoms with E-state index in [2.05, 4.69) is 60.5 Å². The summed E-state index contributed by atoms with van der Waals surface area (Å²) < 4.78 is 10.4. The van der Waals surface area contributed by atoms with Crippen LogP contribution in [-0.4, -0.2) is 29.2 Å². The second-order valence-electron chi connectivity index (χ2n) is 6.55. The molecule has 0 radical (unpaired) electrons. The molecule has 1 aromatic carbocycles. The van der Waals surface area contributed by atoms with E-state index in [1.165, 1.54) is 12.7 Å². The summed E-state index contributed by atoms with van der Waals surface area (Å²) in [6.45, 7) is 2.53. The van der Waals surface area contributed by atoms with Crippen molar-refractivity contribution >= 4 is 38.6 Å². The molecule has 0 aliphatic heterocycles. The first kappa shape index (κ1) is 17.6. The molecule has 0 amide bonds. The van der Waals surface area contributed by atoms with Gasteiger partial charge in [-0.3, -0.25) is 0 Å². The molecule has 0 spiro atoms. The highest BCUT2D eigenvalue weighted by Crippen LogP contribution is 2.27. The lowest BCUT2D eigenvalue weighted by Gasteiger charge is -2.12. The summed E-state index contributed by atoms with van der Waals surface area (Å²) in [5, 5.41) is 11.7. The van der Waals surface area contributed by atoms with Crippen molar-refractivity contribution in [2.24, 2.45) is 0 Å². The van der Waals surface area contributed by atoms with Gasteiger partial charge in [0.1, 0.15) is 30.5 Å². The fourth-order valence-electron chi connectivity index (χ4n) is 3.13. The average molecular weight is 450 g/mol. The van der Waals surface area contributed by atoms with Crippen LogP contribution in [0.4, 0.5) is 11.5 Å². The molecule has 0 saturated carbocycles. The number of fused-ring (bicyclic) bond motifs is 2. The largest absolute Gasteiger partial charge is 0.489 e. The Morgan fingerprint density at radius 2 is 1.83 bits per heavy atom. The minimum absolute atomic E-state index is 0.471. The van der Waals surface area contributed by atoms with Crippen molar-refractivity contribution < 1.29 is 4.74 Å². The molecule has 0 fully saturated rings. The van der Waals surface area contributed by atoms with Crippen LogP contribution in [0.1, 0.15) is 11.1 Å². The molecule has 8 nitrogen and oxygen atoms in total. The molecule has 5 rings (SSSR count). The Balaban J connectivity index is 1.33. The van der Waals surface area contributed by atoms with E-state index >= 15 is 0 Å². The van der Waals surface area contributed by atoms with Crippen LogP contribution in [0.25, 0.3) is 11.2 Å². The number of ether oxygens (including phenoxy) is 1. The van der Waals surface area contributed by atoms with E-state index in [-0.39, 0.29) is 0 Å². The quantitative estimate of drug-likeness (QED) is 0.433. The molecule has 29 heavy (non-hydrogen) atoms. The predicted octanol–water partition coefficient (Wildman–Crippen LogP) is 4.17. The topological polar surface area (TPSA) is 81.6 Å². The second-order valence-corrected chi connectivity index (χ2v) is 7.40. The molecular formula is C20H16BrN7O. The van der Waals surface area contributed by atoms with Crippen molar-refractivity contribution in [1.82, 2.24) is 29.2 Å². The Hall–Kier alpha value is -3.46. The molecule has 1 N–H and O–H groups in total. The van der Waals surface area contributed by atoms with Gasteiger partial charge < -0.3 is 10.1 Å². The minimum atomic E-state index is 0.471. The van der Waals surface area contributed by atoms with Gasteiger partial charge in [-0.05, 0) is 58.2 Å². The maximum Gasteiger partial charge on any atom is 0.159 e. The van der Waals surface area contributed by atoms with E-state index in [9.17, 15) is 0 Å². The van der Waals surface area contributed by atoms with Crippen molar-refractivity contribution in [3.05, 3.63) is 77.0 Å². The number of hydrogen-bond donors (Lipinski definition) is 1. The van der Waals surface area contributed by atoms with Crippen LogP contribution in [0.2, 0.25) is 0 Å². The summed E-state index contributed by atoms with van der Waals surface area (Å²) in [6, 6.07) is 11.8.